The topological polar surface area (TPSA) is 84.0 Å². The van der Waals surface area contributed by atoms with Crippen LogP contribution in [-0.2, 0) is 17.6 Å². The summed E-state index contributed by atoms with van der Waals surface area (Å²) in [5.74, 6) is -0.514. The fourth-order valence-electron chi connectivity index (χ4n) is 2.38. The van der Waals surface area contributed by atoms with Crippen LogP contribution in [0.2, 0.25) is 0 Å². The molecule has 0 aliphatic heterocycles. The van der Waals surface area contributed by atoms with Crippen molar-refractivity contribution in [2.75, 3.05) is 10.6 Å². The third-order valence-electron chi connectivity index (χ3n) is 3.64. The third kappa shape index (κ3) is 4.52. The van der Waals surface area contributed by atoms with Crippen molar-refractivity contribution in [1.82, 2.24) is 10.2 Å². The summed E-state index contributed by atoms with van der Waals surface area (Å²) in [7, 11) is 0. The largest absolute Gasteiger partial charge is 0.325 e. The molecule has 7 heteroatoms. The Bertz CT molecular complexity index is 909. The first-order valence-electron chi connectivity index (χ1n) is 8.22. The first-order chi connectivity index (χ1) is 12.7. The maximum absolute atomic E-state index is 12.5. The van der Waals surface area contributed by atoms with Gasteiger partial charge in [-0.05, 0) is 24.1 Å². The lowest BCUT2D eigenvalue weighted by atomic mass is 10.1. The van der Waals surface area contributed by atoms with Gasteiger partial charge in [-0.2, -0.15) is 0 Å². The lowest BCUT2D eigenvalue weighted by molar-refractivity contribution is -0.115. The molecule has 1 heterocycles. The third-order valence-corrected chi connectivity index (χ3v) is 4.63. The number of rotatable bonds is 6. The van der Waals surface area contributed by atoms with Gasteiger partial charge in [0.15, 0.2) is 0 Å². The van der Waals surface area contributed by atoms with Crippen molar-refractivity contribution in [3.05, 3.63) is 70.7 Å². The van der Waals surface area contributed by atoms with Crippen molar-refractivity contribution in [3.63, 3.8) is 0 Å². The Balaban J connectivity index is 1.70. The van der Waals surface area contributed by atoms with Gasteiger partial charge in [0, 0.05) is 0 Å². The minimum Gasteiger partial charge on any atom is -0.325 e. The summed E-state index contributed by atoms with van der Waals surface area (Å²) in [4.78, 5) is 24.8. The van der Waals surface area contributed by atoms with Crippen molar-refractivity contribution < 1.29 is 9.59 Å². The molecule has 0 bridgehead atoms. The van der Waals surface area contributed by atoms with Crippen LogP contribution in [0.5, 0.6) is 0 Å². The molecule has 0 spiro atoms. The van der Waals surface area contributed by atoms with Gasteiger partial charge in [0.2, 0.25) is 11.0 Å². The van der Waals surface area contributed by atoms with E-state index in [1.54, 1.807) is 24.3 Å². The van der Waals surface area contributed by atoms with E-state index in [1.165, 1.54) is 11.3 Å². The lowest BCUT2D eigenvalue weighted by Crippen LogP contribution is -2.19. The molecule has 26 heavy (non-hydrogen) atoms. The number of nitrogens with one attached hydrogen (secondary N) is 2. The summed E-state index contributed by atoms with van der Waals surface area (Å²) in [6, 6.07) is 16.3. The molecule has 2 aromatic carbocycles. The lowest BCUT2D eigenvalue weighted by Gasteiger charge is -2.10. The van der Waals surface area contributed by atoms with Gasteiger partial charge in [-0.3, -0.25) is 14.9 Å². The number of carbonyl (C=O) groups excluding carboxylic acids is 2. The predicted octanol–water partition coefficient (Wildman–Crippen LogP) is 3.53. The molecule has 0 aliphatic carbocycles. The van der Waals surface area contributed by atoms with Crippen LogP contribution < -0.4 is 10.6 Å². The number of hydrogen-bond donors (Lipinski definition) is 2. The SMILES string of the molecule is CCc1nnc(NC(=O)c2ccccc2NC(=O)Cc2ccccc2)s1. The summed E-state index contributed by atoms with van der Waals surface area (Å²) >= 11 is 1.34. The average Bonchev–Trinajstić information content (AvgIpc) is 3.10. The van der Waals surface area contributed by atoms with Gasteiger partial charge in [-0.25, -0.2) is 0 Å². The second kappa shape index (κ2) is 8.35. The van der Waals surface area contributed by atoms with E-state index in [0.717, 1.165) is 17.0 Å². The highest BCUT2D eigenvalue weighted by Gasteiger charge is 2.15. The number of para-hydroxylation sites is 1. The molecule has 2 amide bonds. The zero-order chi connectivity index (χ0) is 18.4. The number of hydrogen-bond acceptors (Lipinski definition) is 5. The average molecular weight is 366 g/mol. The second-order valence-corrected chi connectivity index (χ2v) is 6.63. The number of carbonyl (C=O) groups is 2. The smallest absolute Gasteiger partial charge is 0.259 e. The van der Waals surface area contributed by atoms with Crippen molar-refractivity contribution >= 4 is 34.0 Å². The van der Waals surface area contributed by atoms with E-state index in [2.05, 4.69) is 20.8 Å². The maximum Gasteiger partial charge on any atom is 0.259 e. The molecule has 0 aliphatic rings. The number of amides is 2. The molecule has 0 unspecified atom stereocenters. The highest BCUT2D eigenvalue weighted by molar-refractivity contribution is 7.15. The Morgan fingerprint density at radius 1 is 0.962 bits per heavy atom. The van der Waals surface area contributed by atoms with Gasteiger partial charge in [-0.15, -0.1) is 10.2 Å². The second-order valence-electron chi connectivity index (χ2n) is 5.56. The Hall–Kier alpha value is -3.06. The van der Waals surface area contributed by atoms with E-state index in [0.29, 0.717) is 16.4 Å². The van der Waals surface area contributed by atoms with E-state index < -0.39 is 0 Å². The van der Waals surface area contributed by atoms with Crippen molar-refractivity contribution in [3.8, 4) is 0 Å². The molecule has 3 rings (SSSR count). The van der Waals surface area contributed by atoms with E-state index in [1.807, 2.05) is 37.3 Å². The van der Waals surface area contributed by atoms with Gasteiger partial charge >= 0.3 is 0 Å². The molecule has 3 aromatic rings. The summed E-state index contributed by atoms with van der Waals surface area (Å²) in [5, 5.41) is 14.8. The normalized spacial score (nSPS) is 10.3. The first-order valence-corrected chi connectivity index (χ1v) is 9.04. The molecule has 6 nitrogen and oxygen atoms in total. The Kier molecular flexibility index (Phi) is 5.70. The van der Waals surface area contributed by atoms with E-state index in [9.17, 15) is 9.59 Å². The highest BCUT2D eigenvalue weighted by Crippen LogP contribution is 2.20. The van der Waals surface area contributed by atoms with E-state index in [-0.39, 0.29) is 18.2 Å². The van der Waals surface area contributed by atoms with Gasteiger partial charge in [0.1, 0.15) is 5.01 Å². The molecule has 0 saturated carbocycles. The number of nitrogens with zero attached hydrogens (tertiary/aromatic N) is 2. The number of aromatic nitrogens is 2. The summed E-state index contributed by atoms with van der Waals surface area (Å²) in [6.07, 6.45) is 1.01. The van der Waals surface area contributed by atoms with E-state index >= 15 is 0 Å². The van der Waals surface area contributed by atoms with Gasteiger partial charge in [0.05, 0.1) is 17.7 Å². The fraction of sp³-hybridized carbons (Fsp3) is 0.158. The molecule has 1 aromatic heterocycles. The van der Waals surface area contributed by atoms with Gasteiger partial charge < -0.3 is 5.32 Å². The van der Waals surface area contributed by atoms with Crippen LogP contribution in [0, 0.1) is 0 Å². The number of aryl methyl sites for hydroxylation is 1. The quantitative estimate of drug-likeness (QED) is 0.699. The molecule has 132 valence electrons. The molecule has 0 radical (unpaired) electrons. The molecule has 0 fully saturated rings. The van der Waals surface area contributed by atoms with Crippen LogP contribution in [0.1, 0.15) is 27.9 Å². The number of benzene rings is 2. The molecule has 2 N–H and O–H groups in total. The van der Waals surface area contributed by atoms with Crippen molar-refractivity contribution in [2.24, 2.45) is 0 Å². The van der Waals surface area contributed by atoms with Crippen LogP contribution in [0.3, 0.4) is 0 Å². The standard InChI is InChI=1S/C19H18N4O2S/c1-2-17-22-23-19(26-17)21-18(25)14-10-6-7-11-15(14)20-16(24)12-13-8-4-3-5-9-13/h3-11H,2,12H2,1H3,(H,20,24)(H,21,23,25). The predicted molar refractivity (Wildman–Crippen MR) is 102 cm³/mol. The fourth-order valence-corrected chi connectivity index (χ4v) is 3.05. The van der Waals surface area contributed by atoms with E-state index in [4.69, 9.17) is 0 Å². The zero-order valence-corrected chi connectivity index (χ0v) is 15.0. The minimum absolute atomic E-state index is 0.180. The van der Waals surface area contributed by atoms with Crippen LogP contribution in [-0.4, -0.2) is 22.0 Å². The summed E-state index contributed by atoms with van der Waals surface area (Å²) < 4.78 is 0. The number of anilines is 2. The van der Waals surface area contributed by atoms with Gasteiger partial charge in [0.25, 0.3) is 5.91 Å². The Labute approximate surface area is 155 Å². The molecule has 0 atom stereocenters. The van der Waals surface area contributed by atoms with Crippen LogP contribution in [0.15, 0.2) is 54.6 Å². The highest BCUT2D eigenvalue weighted by atomic mass is 32.1. The first kappa shape index (κ1) is 17.8. The van der Waals surface area contributed by atoms with Gasteiger partial charge in [-0.1, -0.05) is 60.7 Å². The maximum atomic E-state index is 12.5. The summed E-state index contributed by atoms with van der Waals surface area (Å²) in [5.41, 5.74) is 1.75. The molecule has 0 saturated heterocycles. The van der Waals surface area contributed by atoms with Crippen LogP contribution in [0.4, 0.5) is 10.8 Å². The zero-order valence-electron chi connectivity index (χ0n) is 14.2. The Morgan fingerprint density at radius 3 is 2.42 bits per heavy atom. The summed E-state index contributed by atoms with van der Waals surface area (Å²) in [6.45, 7) is 1.98. The molecular formula is C19H18N4O2S. The van der Waals surface area contributed by atoms with Crippen molar-refractivity contribution in [2.45, 2.75) is 19.8 Å². The van der Waals surface area contributed by atoms with Crippen LogP contribution >= 0.6 is 11.3 Å². The Morgan fingerprint density at radius 2 is 1.69 bits per heavy atom. The van der Waals surface area contributed by atoms with Crippen LogP contribution in [0.25, 0.3) is 0 Å². The monoisotopic (exact) mass is 366 g/mol. The minimum atomic E-state index is -0.334. The molecular weight excluding hydrogens is 348 g/mol. The van der Waals surface area contributed by atoms with Crippen molar-refractivity contribution in [1.29, 1.82) is 0 Å².